The van der Waals surface area contributed by atoms with E-state index in [0.717, 1.165) is 37.5 Å². The number of rotatable bonds is 5. The van der Waals surface area contributed by atoms with Gasteiger partial charge < -0.3 is 15.8 Å². The lowest BCUT2D eigenvalue weighted by molar-refractivity contribution is 0.262. The van der Waals surface area contributed by atoms with Crippen molar-refractivity contribution in [3.8, 4) is 5.75 Å². The summed E-state index contributed by atoms with van der Waals surface area (Å²) in [5.41, 5.74) is 9.74. The van der Waals surface area contributed by atoms with Crippen LogP contribution in [0, 0.1) is 0 Å². The fourth-order valence-corrected chi connectivity index (χ4v) is 2.95. The molecule has 0 radical (unpaired) electrons. The summed E-state index contributed by atoms with van der Waals surface area (Å²) in [5.74, 6) is 1.22. The van der Waals surface area contributed by atoms with Gasteiger partial charge in [-0.1, -0.05) is 30.3 Å². The predicted molar refractivity (Wildman–Crippen MR) is 98.5 cm³/mol. The van der Waals surface area contributed by atoms with Crippen LogP contribution in [-0.4, -0.2) is 37.6 Å². The van der Waals surface area contributed by atoms with Gasteiger partial charge in [0.2, 0.25) is 0 Å². The summed E-state index contributed by atoms with van der Waals surface area (Å²) in [6.45, 7) is 3.67. The summed E-state index contributed by atoms with van der Waals surface area (Å²) in [4.78, 5) is 6.85. The van der Waals surface area contributed by atoms with Crippen molar-refractivity contribution in [2.24, 2.45) is 10.7 Å². The number of aliphatic imine (C=N–C) groups is 1. The molecule has 3 rings (SSSR count). The highest BCUT2D eigenvalue weighted by atomic mass is 16.5. The molecule has 0 amide bonds. The van der Waals surface area contributed by atoms with Crippen LogP contribution in [0.3, 0.4) is 0 Å². The zero-order valence-corrected chi connectivity index (χ0v) is 14.0. The van der Waals surface area contributed by atoms with Gasteiger partial charge in [0.25, 0.3) is 0 Å². The van der Waals surface area contributed by atoms with Gasteiger partial charge in [-0.15, -0.1) is 0 Å². The molecule has 0 bridgehead atoms. The zero-order valence-electron chi connectivity index (χ0n) is 14.0. The van der Waals surface area contributed by atoms with Gasteiger partial charge >= 0.3 is 0 Å². The number of fused-ring (bicyclic) bond motifs is 1. The summed E-state index contributed by atoms with van der Waals surface area (Å²) >= 11 is 0. The zero-order chi connectivity index (χ0) is 16.8. The Labute approximate surface area is 143 Å². The Morgan fingerprint density at radius 2 is 2.04 bits per heavy atom. The van der Waals surface area contributed by atoms with Gasteiger partial charge in [0.15, 0.2) is 5.96 Å². The van der Waals surface area contributed by atoms with Gasteiger partial charge in [-0.05, 0) is 29.7 Å². The number of benzene rings is 2. The molecule has 0 saturated heterocycles. The largest absolute Gasteiger partial charge is 0.497 e. The first-order valence-electron chi connectivity index (χ1n) is 8.25. The molecule has 0 aromatic heterocycles. The Hall–Kier alpha value is -2.53. The topological polar surface area (TPSA) is 62.9 Å². The van der Waals surface area contributed by atoms with E-state index in [-0.39, 0.29) is 0 Å². The molecule has 0 fully saturated rings. The summed E-state index contributed by atoms with van der Waals surface area (Å²) in [5, 5.41) is 3.10. The van der Waals surface area contributed by atoms with Gasteiger partial charge in [-0.25, -0.2) is 0 Å². The first-order chi connectivity index (χ1) is 11.7. The fraction of sp³-hybridized carbons (Fsp3) is 0.316. The first-order valence-corrected chi connectivity index (χ1v) is 8.25. The lowest BCUT2D eigenvalue weighted by atomic mass is 10.0. The van der Waals surface area contributed by atoms with E-state index in [0.29, 0.717) is 12.5 Å². The number of hydrogen-bond donors (Lipinski definition) is 2. The third kappa shape index (κ3) is 4.26. The minimum Gasteiger partial charge on any atom is -0.497 e. The Morgan fingerprint density at radius 3 is 2.88 bits per heavy atom. The number of ether oxygens (including phenoxy) is 1. The van der Waals surface area contributed by atoms with Crippen molar-refractivity contribution in [1.29, 1.82) is 0 Å². The normalized spacial score (nSPS) is 15.0. The van der Waals surface area contributed by atoms with E-state index in [9.17, 15) is 0 Å². The Kier molecular flexibility index (Phi) is 5.33. The minimum atomic E-state index is 0.431. The Balaban J connectivity index is 1.49. The second kappa shape index (κ2) is 7.84. The van der Waals surface area contributed by atoms with Gasteiger partial charge in [-0.3, -0.25) is 9.89 Å². The van der Waals surface area contributed by atoms with Crippen molar-refractivity contribution in [3.05, 3.63) is 59.7 Å². The number of nitrogens with one attached hydrogen (secondary N) is 1. The number of hydrogen-bond acceptors (Lipinski definition) is 3. The maximum absolute atomic E-state index is 5.97. The van der Waals surface area contributed by atoms with Crippen molar-refractivity contribution < 1.29 is 4.74 Å². The lowest BCUT2D eigenvalue weighted by Crippen LogP contribution is -2.33. The van der Waals surface area contributed by atoms with E-state index >= 15 is 0 Å². The monoisotopic (exact) mass is 324 g/mol. The van der Waals surface area contributed by atoms with Crippen LogP contribution in [-0.2, 0) is 13.0 Å². The minimum absolute atomic E-state index is 0.431. The SMILES string of the molecule is COc1cccc(NC(N)=NCCN2CCc3ccccc3C2)c1. The maximum Gasteiger partial charge on any atom is 0.193 e. The lowest BCUT2D eigenvalue weighted by Gasteiger charge is -2.28. The van der Waals surface area contributed by atoms with Gasteiger partial charge in [0.05, 0.1) is 13.7 Å². The molecule has 0 atom stereocenters. The third-order valence-electron chi connectivity index (χ3n) is 4.25. The summed E-state index contributed by atoms with van der Waals surface area (Å²) in [6, 6.07) is 16.3. The van der Waals surface area contributed by atoms with Crippen LogP contribution in [0.1, 0.15) is 11.1 Å². The van der Waals surface area contributed by atoms with Crippen LogP contribution in [0.4, 0.5) is 5.69 Å². The molecule has 0 spiro atoms. The summed E-state index contributed by atoms with van der Waals surface area (Å²) < 4.78 is 5.20. The molecule has 0 saturated carbocycles. The third-order valence-corrected chi connectivity index (χ3v) is 4.25. The molecule has 0 aliphatic carbocycles. The summed E-state index contributed by atoms with van der Waals surface area (Å²) in [7, 11) is 1.65. The van der Waals surface area contributed by atoms with Crippen molar-refractivity contribution in [2.75, 3.05) is 32.1 Å². The predicted octanol–water partition coefficient (Wildman–Crippen LogP) is 2.48. The van der Waals surface area contributed by atoms with E-state index in [1.54, 1.807) is 7.11 Å². The van der Waals surface area contributed by atoms with Gasteiger partial charge in [-0.2, -0.15) is 0 Å². The molecular weight excluding hydrogens is 300 g/mol. The van der Waals surface area contributed by atoms with Crippen LogP contribution in [0.2, 0.25) is 0 Å². The smallest absolute Gasteiger partial charge is 0.193 e. The van der Waals surface area contributed by atoms with E-state index in [4.69, 9.17) is 10.5 Å². The van der Waals surface area contributed by atoms with E-state index < -0.39 is 0 Å². The first kappa shape index (κ1) is 16.3. The fourth-order valence-electron chi connectivity index (χ4n) is 2.95. The average molecular weight is 324 g/mol. The molecule has 0 unspecified atom stereocenters. The van der Waals surface area contributed by atoms with Crippen molar-refractivity contribution >= 4 is 11.6 Å². The van der Waals surface area contributed by atoms with Crippen LogP contribution >= 0.6 is 0 Å². The van der Waals surface area contributed by atoms with Crippen molar-refractivity contribution in [2.45, 2.75) is 13.0 Å². The second-order valence-electron chi connectivity index (χ2n) is 5.92. The average Bonchev–Trinajstić information content (AvgIpc) is 2.62. The molecule has 24 heavy (non-hydrogen) atoms. The highest BCUT2D eigenvalue weighted by Crippen LogP contribution is 2.18. The van der Waals surface area contributed by atoms with Crippen molar-refractivity contribution in [1.82, 2.24) is 4.90 Å². The van der Waals surface area contributed by atoms with Gasteiger partial charge in [0, 0.05) is 31.4 Å². The van der Waals surface area contributed by atoms with Crippen LogP contribution in [0.5, 0.6) is 5.75 Å². The Bertz CT molecular complexity index is 714. The van der Waals surface area contributed by atoms with Crippen LogP contribution < -0.4 is 15.8 Å². The number of guanidine groups is 1. The van der Waals surface area contributed by atoms with E-state index in [1.807, 2.05) is 24.3 Å². The van der Waals surface area contributed by atoms with Crippen LogP contribution in [0.15, 0.2) is 53.5 Å². The number of anilines is 1. The molecule has 1 aliphatic heterocycles. The number of nitrogens with two attached hydrogens (primary N) is 1. The molecule has 2 aromatic rings. The highest BCUT2D eigenvalue weighted by Gasteiger charge is 2.14. The summed E-state index contributed by atoms with van der Waals surface area (Å²) in [6.07, 6.45) is 1.11. The standard InChI is InChI=1S/C19H24N4O/c1-24-18-8-4-7-17(13-18)22-19(20)21-10-12-23-11-9-15-5-2-3-6-16(15)14-23/h2-8,13H,9-12,14H2,1H3,(H3,20,21,22). The molecule has 1 heterocycles. The Morgan fingerprint density at radius 1 is 1.21 bits per heavy atom. The highest BCUT2D eigenvalue weighted by molar-refractivity contribution is 5.92. The molecule has 3 N–H and O–H groups in total. The van der Waals surface area contributed by atoms with Crippen LogP contribution in [0.25, 0.3) is 0 Å². The number of nitrogens with zero attached hydrogens (tertiary/aromatic N) is 2. The molecule has 5 heteroatoms. The quantitative estimate of drug-likeness (QED) is 0.655. The van der Waals surface area contributed by atoms with E-state index in [1.165, 1.54) is 11.1 Å². The molecule has 2 aromatic carbocycles. The second-order valence-corrected chi connectivity index (χ2v) is 5.92. The maximum atomic E-state index is 5.97. The molecule has 126 valence electrons. The molecule has 1 aliphatic rings. The van der Waals surface area contributed by atoms with Crippen molar-refractivity contribution in [3.63, 3.8) is 0 Å². The van der Waals surface area contributed by atoms with Gasteiger partial charge in [0.1, 0.15) is 5.75 Å². The number of methoxy groups -OCH3 is 1. The molecular formula is C19H24N4O. The molecule has 5 nitrogen and oxygen atoms in total. The van der Waals surface area contributed by atoms with E-state index in [2.05, 4.69) is 39.5 Å².